The summed E-state index contributed by atoms with van der Waals surface area (Å²) in [6.45, 7) is 3.44. The molecule has 0 bridgehead atoms. The fourth-order valence-electron chi connectivity index (χ4n) is 2.24. The van der Waals surface area contributed by atoms with Crippen LogP contribution in [0.5, 0.6) is 0 Å². The first kappa shape index (κ1) is 13.5. The van der Waals surface area contributed by atoms with Gasteiger partial charge < -0.3 is 5.32 Å². The molecule has 2 rings (SSSR count). The van der Waals surface area contributed by atoms with Gasteiger partial charge >= 0.3 is 0 Å². The van der Waals surface area contributed by atoms with Crippen molar-refractivity contribution in [3.8, 4) is 0 Å². The highest BCUT2D eigenvalue weighted by atomic mass is 32.2. The summed E-state index contributed by atoms with van der Waals surface area (Å²) in [6, 6.07) is 7.44. The number of aryl methyl sites for hydroxylation is 1. The second-order valence-corrected chi connectivity index (χ2v) is 6.56. The molecular formula is C13H20N2O2S. The molecule has 1 saturated heterocycles. The molecule has 1 aromatic carbocycles. The lowest BCUT2D eigenvalue weighted by atomic mass is 10.2. The maximum Gasteiger partial charge on any atom is 0.240 e. The van der Waals surface area contributed by atoms with E-state index in [2.05, 4.69) is 10.0 Å². The molecule has 1 atom stereocenters. The summed E-state index contributed by atoms with van der Waals surface area (Å²) in [5.41, 5.74) is 0.954. The van der Waals surface area contributed by atoms with Crippen LogP contribution in [0.4, 0.5) is 0 Å². The molecular weight excluding hydrogens is 248 g/mol. The average Bonchev–Trinajstić information content (AvgIpc) is 2.82. The molecule has 0 aliphatic carbocycles. The standard InChI is InChI=1S/C13H20N2O2S/c1-11-4-2-6-13(10-11)18(16,17)15-9-7-12-5-3-8-14-12/h2,4,6,10,12,14-15H,3,5,7-9H2,1H3. The van der Waals surface area contributed by atoms with E-state index >= 15 is 0 Å². The van der Waals surface area contributed by atoms with Gasteiger partial charge in [-0.1, -0.05) is 12.1 Å². The van der Waals surface area contributed by atoms with E-state index in [9.17, 15) is 8.42 Å². The molecule has 1 aromatic rings. The largest absolute Gasteiger partial charge is 0.314 e. The minimum Gasteiger partial charge on any atom is -0.314 e. The molecule has 0 saturated carbocycles. The zero-order chi connectivity index (χ0) is 13.0. The Morgan fingerprint density at radius 1 is 1.44 bits per heavy atom. The number of nitrogens with one attached hydrogen (secondary N) is 2. The Morgan fingerprint density at radius 2 is 2.28 bits per heavy atom. The molecule has 1 heterocycles. The molecule has 1 aliphatic heterocycles. The minimum atomic E-state index is -3.35. The van der Waals surface area contributed by atoms with E-state index in [0.717, 1.165) is 24.9 Å². The maximum atomic E-state index is 12.0. The molecule has 100 valence electrons. The van der Waals surface area contributed by atoms with Crippen LogP contribution in [0.1, 0.15) is 24.8 Å². The van der Waals surface area contributed by atoms with E-state index in [-0.39, 0.29) is 0 Å². The van der Waals surface area contributed by atoms with Crippen molar-refractivity contribution in [1.82, 2.24) is 10.0 Å². The van der Waals surface area contributed by atoms with Crippen LogP contribution in [0, 0.1) is 6.92 Å². The third-order valence-corrected chi connectivity index (χ3v) is 4.71. The Balaban J connectivity index is 1.90. The summed E-state index contributed by atoms with van der Waals surface area (Å²) in [5, 5.41) is 3.36. The van der Waals surface area contributed by atoms with Crippen molar-refractivity contribution in [3.63, 3.8) is 0 Å². The quantitative estimate of drug-likeness (QED) is 0.849. The van der Waals surface area contributed by atoms with E-state index in [4.69, 9.17) is 0 Å². The number of hydrogen-bond donors (Lipinski definition) is 2. The van der Waals surface area contributed by atoms with Gasteiger partial charge in [0.25, 0.3) is 0 Å². The molecule has 1 unspecified atom stereocenters. The third-order valence-electron chi connectivity index (χ3n) is 3.25. The highest BCUT2D eigenvalue weighted by molar-refractivity contribution is 7.89. The summed E-state index contributed by atoms with van der Waals surface area (Å²) in [7, 11) is -3.35. The highest BCUT2D eigenvalue weighted by Crippen LogP contribution is 2.12. The summed E-state index contributed by atoms with van der Waals surface area (Å²) in [4.78, 5) is 0.349. The lowest BCUT2D eigenvalue weighted by Gasteiger charge is -2.11. The fourth-order valence-corrected chi connectivity index (χ4v) is 3.39. The Morgan fingerprint density at radius 3 is 2.94 bits per heavy atom. The monoisotopic (exact) mass is 268 g/mol. The van der Waals surface area contributed by atoms with Crippen molar-refractivity contribution in [1.29, 1.82) is 0 Å². The first-order chi connectivity index (χ1) is 8.58. The SMILES string of the molecule is Cc1cccc(S(=O)(=O)NCCC2CCCN2)c1. The van der Waals surface area contributed by atoms with Gasteiger partial charge in [-0.05, 0) is 50.4 Å². The van der Waals surface area contributed by atoms with Crippen molar-refractivity contribution in [2.45, 2.75) is 37.1 Å². The lowest BCUT2D eigenvalue weighted by Crippen LogP contribution is -2.30. The Labute approximate surface area is 109 Å². The van der Waals surface area contributed by atoms with Gasteiger partial charge in [-0.2, -0.15) is 0 Å². The summed E-state index contributed by atoms with van der Waals surface area (Å²) >= 11 is 0. The van der Waals surface area contributed by atoms with Crippen LogP contribution in [0.3, 0.4) is 0 Å². The van der Waals surface area contributed by atoms with Gasteiger partial charge in [0.2, 0.25) is 10.0 Å². The zero-order valence-corrected chi connectivity index (χ0v) is 11.5. The Bertz CT molecular complexity index is 493. The van der Waals surface area contributed by atoms with Gasteiger partial charge in [-0.15, -0.1) is 0 Å². The zero-order valence-electron chi connectivity index (χ0n) is 10.6. The number of sulfonamides is 1. The number of rotatable bonds is 5. The van der Waals surface area contributed by atoms with E-state index in [1.807, 2.05) is 13.0 Å². The maximum absolute atomic E-state index is 12.0. The first-order valence-electron chi connectivity index (χ1n) is 6.38. The van der Waals surface area contributed by atoms with Gasteiger partial charge in [-0.3, -0.25) is 0 Å². The molecule has 0 aromatic heterocycles. The van der Waals surface area contributed by atoms with Crippen LogP contribution in [0.2, 0.25) is 0 Å². The Kier molecular flexibility index (Phi) is 4.37. The second kappa shape index (κ2) is 5.82. The first-order valence-corrected chi connectivity index (χ1v) is 7.86. The van der Waals surface area contributed by atoms with Gasteiger partial charge in [0.1, 0.15) is 0 Å². The van der Waals surface area contributed by atoms with Gasteiger partial charge in [0, 0.05) is 12.6 Å². The topological polar surface area (TPSA) is 58.2 Å². The molecule has 1 fully saturated rings. The predicted octanol–water partition coefficient (Wildman–Crippen LogP) is 1.42. The van der Waals surface area contributed by atoms with Crippen LogP contribution in [0.15, 0.2) is 29.2 Å². The van der Waals surface area contributed by atoms with E-state index < -0.39 is 10.0 Å². The lowest BCUT2D eigenvalue weighted by molar-refractivity contribution is 0.539. The van der Waals surface area contributed by atoms with Gasteiger partial charge in [0.15, 0.2) is 0 Å². The molecule has 4 nitrogen and oxygen atoms in total. The van der Waals surface area contributed by atoms with Crippen molar-refractivity contribution >= 4 is 10.0 Å². The number of hydrogen-bond acceptors (Lipinski definition) is 3. The van der Waals surface area contributed by atoms with Crippen LogP contribution in [-0.4, -0.2) is 27.5 Å². The van der Waals surface area contributed by atoms with Crippen LogP contribution in [0.25, 0.3) is 0 Å². The van der Waals surface area contributed by atoms with Crippen molar-refractivity contribution < 1.29 is 8.42 Å². The van der Waals surface area contributed by atoms with Crippen LogP contribution < -0.4 is 10.0 Å². The van der Waals surface area contributed by atoms with Crippen molar-refractivity contribution in [3.05, 3.63) is 29.8 Å². The second-order valence-electron chi connectivity index (χ2n) is 4.80. The van der Waals surface area contributed by atoms with E-state index in [1.165, 1.54) is 6.42 Å². The van der Waals surface area contributed by atoms with Crippen molar-refractivity contribution in [2.75, 3.05) is 13.1 Å². The van der Waals surface area contributed by atoms with Gasteiger partial charge in [-0.25, -0.2) is 13.1 Å². The normalized spacial score (nSPS) is 20.2. The molecule has 5 heteroatoms. The number of benzene rings is 1. The third kappa shape index (κ3) is 3.54. The van der Waals surface area contributed by atoms with Crippen LogP contribution in [-0.2, 0) is 10.0 Å². The summed E-state index contributed by atoms with van der Waals surface area (Å²) in [5.74, 6) is 0. The molecule has 1 aliphatic rings. The smallest absolute Gasteiger partial charge is 0.240 e. The minimum absolute atomic E-state index is 0.349. The molecule has 2 N–H and O–H groups in total. The average molecular weight is 268 g/mol. The van der Waals surface area contributed by atoms with Crippen LogP contribution >= 0.6 is 0 Å². The van der Waals surface area contributed by atoms with Crippen molar-refractivity contribution in [2.24, 2.45) is 0 Å². The van der Waals surface area contributed by atoms with E-state index in [0.29, 0.717) is 17.5 Å². The predicted molar refractivity (Wildman–Crippen MR) is 72.0 cm³/mol. The van der Waals surface area contributed by atoms with Gasteiger partial charge in [0.05, 0.1) is 4.90 Å². The molecule has 0 spiro atoms. The van der Waals surface area contributed by atoms with E-state index in [1.54, 1.807) is 18.2 Å². The summed E-state index contributed by atoms with van der Waals surface area (Å²) in [6.07, 6.45) is 3.19. The Hall–Kier alpha value is -0.910. The molecule has 0 amide bonds. The highest BCUT2D eigenvalue weighted by Gasteiger charge is 2.17. The molecule has 18 heavy (non-hydrogen) atoms. The fraction of sp³-hybridized carbons (Fsp3) is 0.538. The molecule has 0 radical (unpaired) electrons. The summed E-state index contributed by atoms with van der Waals surface area (Å²) < 4.78 is 26.7.